The van der Waals surface area contributed by atoms with Crippen molar-refractivity contribution in [2.24, 2.45) is 0 Å². The first kappa shape index (κ1) is 15.5. The Bertz CT molecular complexity index is 664. The van der Waals surface area contributed by atoms with E-state index in [4.69, 9.17) is 19.9 Å². The molecule has 1 amide bonds. The van der Waals surface area contributed by atoms with E-state index >= 15 is 0 Å². The molecular formula is C16H18N2O4. The van der Waals surface area contributed by atoms with Gasteiger partial charge < -0.3 is 25.3 Å². The molecule has 0 aliphatic heterocycles. The molecule has 3 N–H and O–H groups in total. The SMILES string of the molecule is COc1cc(OC)cc(C(=O)Nc2ccc(N)cc2OC)c1. The number of nitrogens with two attached hydrogens (primary N) is 1. The monoisotopic (exact) mass is 302 g/mol. The average molecular weight is 302 g/mol. The Kier molecular flexibility index (Phi) is 4.73. The predicted octanol–water partition coefficient (Wildman–Crippen LogP) is 2.55. The minimum absolute atomic E-state index is 0.305. The number of benzene rings is 2. The minimum atomic E-state index is -0.305. The van der Waals surface area contributed by atoms with Gasteiger partial charge in [-0.25, -0.2) is 0 Å². The summed E-state index contributed by atoms with van der Waals surface area (Å²) in [6, 6.07) is 9.96. The number of amides is 1. The lowest BCUT2D eigenvalue weighted by molar-refractivity contribution is 0.102. The van der Waals surface area contributed by atoms with Crippen LogP contribution in [0.15, 0.2) is 36.4 Å². The largest absolute Gasteiger partial charge is 0.497 e. The number of nitrogens with one attached hydrogen (secondary N) is 1. The van der Waals surface area contributed by atoms with Gasteiger partial charge in [-0.15, -0.1) is 0 Å². The molecule has 0 saturated heterocycles. The summed E-state index contributed by atoms with van der Waals surface area (Å²) in [4.78, 5) is 12.4. The Morgan fingerprint density at radius 1 is 0.955 bits per heavy atom. The van der Waals surface area contributed by atoms with E-state index in [0.717, 1.165) is 0 Å². The third-order valence-electron chi connectivity index (χ3n) is 3.09. The molecule has 0 heterocycles. The molecule has 0 aromatic heterocycles. The van der Waals surface area contributed by atoms with Gasteiger partial charge in [0.15, 0.2) is 0 Å². The number of hydrogen-bond donors (Lipinski definition) is 2. The molecule has 0 bridgehead atoms. The zero-order valence-electron chi connectivity index (χ0n) is 12.7. The van der Waals surface area contributed by atoms with E-state index in [1.54, 1.807) is 36.4 Å². The fourth-order valence-electron chi connectivity index (χ4n) is 1.94. The van der Waals surface area contributed by atoms with E-state index in [2.05, 4.69) is 5.32 Å². The molecule has 0 aliphatic rings. The summed E-state index contributed by atoms with van der Waals surface area (Å²) in [6.07, 6.45) is 0. The highest BCUT2D eigenvalue weighted by Gasteiger charge is 2.12. The second-order valence-electron chi connectivity index (χ2n) is 4.52. The standard InChI is InChI=1S/C16H18N2O4/c1-20-12-6-10(7-13(9-12)21-2)16(19)18-14-5-4-11(17)8-15(14)22-3/h4-9H,17H2,1-3H3,(H,18,19). The summed E-state index contributed by atoms with van der Waals surface area (Å²) < 4.78 is 15.5. The van der Waals surface area contributed by atoms with Crippen LogP contribution < -0.4 is 25.3 Å². The minimum Gasteiger partial charge on any atom is -0.497 e. The molecule has 22 heavy (non-hydrogen) atoms. The van der Waals surface area contributed by atoms with Crippen molar-refractivity contribution >= 4 is 17.3 Å². The molecule has 0 aliphatic carbocycles. The summed E-state index contributed by atoms with van der Waals surface area (Å²) >= 11 is 0. The third kappa shape index (κ3) is 3.41. The van der Waals surface area contributed by atoms with Crippen LogP contribution in [0, 0.1) is 0 Å². The second-order valence-corrected chi connectivity index (χ2v) is 4.52. The van der Waals surface area contributed by atoms with Crippen molar-refractivity contribution in [1.29, 1.82) is 0 Å². The van der Waals surface area contributed by atoms with Crippen LogP contribution in [0.4, 0.5) is 11.4 Å². The second kappa shape index (κ2) is 6.71. The van der Waals surface area contributed by atoms with Crippen LogP contribution in [0.1, 0.15) is 10.4 Å². The lowest BCUT2D eigenvalue weighted by Gasteiger charge is -2.12. The Labute approximate surface area is 128 Å². The maximum Gasteiger partial charge on any atom is 0.256 e. The molecule has 116 valence electrons. The number of anilines is 2. The van der Waals surface area contributed by atoms with Crippen molar-refractivity contribution in [3.05, 3.63) is 42.0 Å². The third-order valence-corrected chi connectivity index (χ3v) is 3.09. The lowest BCUT2D eigenvalue weighted by atomic mass is 10.1. The van der Waals surface area contributed by atoms with E-state index in [-0.39, 0.29) is 5.91 Å². The molecule has 6 nitrogen and oxygen atoms in total. The van der Waals surface area contributed by atoms with Crippen molar-refractivity contribution in [2.75, 3.05) is 32.4 Å². The molecule has 2 aromatic rings. The molecule has 0 unspecified atom stereocenters. The van der Waals surface area contributed by atoms with Crippen LogP contribution in [0.5, 0.6) is 17.2 Å². The van der Waals surface area contributed by atoms with Crippen LogP contribution in [0.2, 0.25) is 0 Å². The van der Waals surface area contributed by atoms with Crippen LogP contribution >= 0.6 is 0 Å². The van der Waals surface area contributed by atoms with Gasteiger partial charge in [0.25, 0.3) is 5.91 Å². The predicted molar refractivity (Wildman–Crippen MR) is 84.9 cm³/mol. The molecule has 6 heteroatoms. The van der Waals surface area contributed by atoms with E-state index < -0.39 is 0 Å². The zero-order valence-corrected chi connectivity index (χ0v) is 12.7. The Morgan fingerprint density at radius 2 is 1.59 bits per heavy atom. The number of carbonyl (C=O) groups excluding carboxylic acids is 1. The van der Waals surface area contributed by atoms with Gasteiger partial charge in [0.1, 0.15) is 17.2 Å². The Morgan fingerprint density at radius 3 is 2.14 bits per heavy atom. The van der Waals surface area contributed by atoms with Crippen LogP contribution in [-0.4, -0.2) is 27.2 Å². The van der Waals surface area contributed by atoms with Gasteiger partial charge in [0.05, 0.1) is 27.0 Å². The van der Waals surface area contributed by atoms with Gasteiger partial charge in [-0.2, -0.15) is 0 Å². The van der Waals surface area contributed by atoms with Gasteiger partial charge in [-0.1, -0.05) is 0 Å². The smallest absolute Gasteiger partial charge is 0.256 e. The van der Waals surface area contributed by atoms with Gasteiger partial charge in [-0.3, -0.25) is 4.79 Å². The van der Waals surface area contributed by atoms with Gasteiger partial charge >= 0.3 is 0 Å². The van der Waals surface area contributed by atoms with E-state index in [1.165, 1.54) is 21.3 Å². The molecule has 2 aromatic carbocycles. The van der Waals surface area contributed by atoms with Gasteiger partial charge in [0.2, 0.25) is 0 Å². The van der Waals surface area contributed by atoms with Crippen molar-refractivity contribution in [3.63, 3.8) is 0 Å². The number of methoxy groups -OCH3 is 3. The molecular weight excluding hydrogens is 284 g/mol. The van der Waals surface area contributed by atoms with Gasteiger partial charge in [0, 0.05) is 23.4 Å². The van der Waals surface area contributed by atoms with Crippen LogP contribution in [-0.2, 0) is 0 Å². The quantitative estimate of drug-likeness (QED) is 0.829. The number of hydrogen-bond acceptors (Lipinski definition) is 5. The number of ether oxygens (including phenoxy) is 3. The fourth-order valence-corrected chi connectivity index (χ4v) is 1.94. The summed E-state index contributed by atoms with van der Waals surface area (Å²) in [5.74, 6) is 1.26. The molecule has 0 radical (unpaired) electrons. The number of nitrogen functional groups attached to an aromatic ring is 1. The fraction of sp³-hybridized carbons (Fsp3) is 0.188. The molecule has 0 saturated carbocycles. The Balaban J connectivity index is 2.29. The van der Waals surface area contributed by atoms with Crippen LogP contribution in [0.25, 0.3) is 0 Å². The van der Waals surface area contributed by atoms with E-state index in [9.17, 15) is 4.79 Å². The van der Waals surface area contributed by atoms with Crippen molar-refractivity contribution in [1.82, 2.24) is 0 Å². The lowest BCUT2D eigenvalue weighted by Crippen LogP contribution is -2.13. The highest BCUT2D eigenvalue weighted by atomic mass is 16.5. The number of carbonyl (C=O) groups is 1. The highest BCUT2D eigenvalue weighted by molar-refractivity contribution is 6.05. The summed E-state index contributed by atoms with van der Waals surface area (Å²) in [5.41, 5.74) is 7.19. The molecule has 0 spiro atoms. The van der Waals surface area contributed by atoms with Crippen molar-refractivity contribution < 1.29 is 19.0 Å². The first-order valence-electron chi connectivity index (χ1n) is 6.55. The topological polar surface area (TPSA) is 82.8 Å². The van der Waals surface area contributed by atoms with Crippen molar-refractivity contribution in [2.45, 2.75) is 0 Å². The summed E-state index contributed by atoms with van der Waals surface area (Å²) in [6.45, 7) is 0. The maximum atomic E-state index is 12.4. The molecule has 2 rings (SSSR count). The number of rotatable bonds is 5. The van der Waals surface area contributed by atoms with E-state index in [1.807, 2.05) is 0 Å². The summed E-state index contributed by atoms with van der Waals surface area (Å²) in [5, 5.41) is 2.78. The maximum absolute atomic E-state index is 12.4. The average Bonchev–Trinajstić information content (AvgIpc) is 2.55. The first-order valence-corrected chi connectivity index (χ1v) is 6.55. The van der Waals surface area contributed by atoms with Crippen molar-refractivity contribution in [3.8, 4) is 17.2 Å². The Hall–Kier alpha value is -2.89. The summed E-state index contributed by atoms with van der Waals surface area (Å²) in [7, 11) is 4.57. The normalized spacial score (nSPS) is 9.95. The molecule has 0 fully saturated rings. The van der Waals surface area contributed by atoms with E-state index in [0.29, 0.717) is 34.2 Å². The van der Waals surface area contributed by atoms with Gasteiger partial charge in [-0.05, 0) is 24.3 Å². The zero-order chi connectivity index (χ0) is 16.1. The highest BCUT2D eigenvalue weighted by Crippen LogP contribution is 2.28. The van der Waals surface area contributed by atoms with Crippen LogP contribution in [0.3, 0.4) is 0 Å². The molecule has 0 atom stereocenters. The first-order chi connectivity index (χ1) is 10.6.